The maximum atomic E-state index is 12.7. The number of para-hydroxylation sites is 1. The van der Waals surface area contributed by atoms with Crippen molar-refractivity contribution in [3.05, 3.63) is 82.5 Å². The van der Waals surface area contributed by atoms with E-state index in [1.54, 1.807) is 24.5 Å². The Morgan fingerprint density at radius 2 is 1.96 bits per heavy atom. The first kappa shape index (κ1) is 17.7. The zero-order valence-electron chi connectivity index (χ0n) is 14.8. The Labute approximate surface area is 151 Å². The molecule has 3 rings (SSSR count). The lowest BCUT2D eigenvalue weighted by atomic mass is 9.98. The summed E-state index contributed by atoms with van der Waals surface area (Å²) < 4.78 is 1.36. The molecule has 1 aromatic carbocycles. The Kier molecular flexibility index (Phi) is 5.31. The highest BCUT2D eigenvalue weighted by Gasteiger charge is 2.19. The number of pyridine rings is 1. The predicted molar refractivity (Wildman–Crippen MR) is 100 cm³/mol. The van der Waals surface area contributed by atoms with E-state index in [0.29, 0.717) is 11.6 Å². The Hall–Kier alpha value is -3.15. The van der Waals surface area contributed by atoms with Gasteiger partial charge in [0, 0.05) is 18.5 Å². The van der Waals surface area contributed by atoms with Crippen LogP contribution in [0.3, 0.4) is 0 Å². The molecular formula is C20H22N4O2. The number of amides is 1. The van der Waals surface area contributed by atoms with Crippen molar-refractivity contribution in [3.63, 3.8) is 0 Å². The first-order chi connectivity index (χ1) is 12.5. The van der Waals surface area contributed by atoms with E-state index in [2.05, 4.69) is 29.2 Å². The second kappa shape index (κ2) is 7.82. The summed E-state index contributed by atoms with van der Waals surface area (Å²) in [4.78, 5) is 29.0. The van der Waals surface area contributed by atoms with Gasteiger partial charge >= 0.3 is 0 Å². The van der Waals surface area contributed by atoms with Crippen LogP contribution in [0.2, 0.25) is 0 Å². The average molecular weight is 350 g/mol. The molecule has 0 fully saturated rings. The molecule has 0 saturated heterocycles. The summed E-state index contributed by atoms with van der Waals surface area (Å²) in [7, 11) is 0. The zero-order chi connectivity index (χ0) is 18.5. The number of H-pyrrole nitrogens is 1. The van der Waals surface area contributed by atoms with Crippen LogP contribution in [0.4, 0.5) is 0 Å². The minimum absolute atomic E-state index is 0.167. The highest BCUT2D eigenvalue weighted by atomic mass is 16.2. The third-order valence-electron chi connectivity index (χ3n) is 4.08. The van der Waals surface area contributed by atoms with E-state index in [0.717, 1.165) is 12.0 Å². The van der Waals surface area contributed by atoms with Crippen LogP contribution in [0.1, 0.15) is 42.4 Å². The molecule has 0 aliphatic heterocycles. The molecule has 26 heavy (non-hydrogen) atoms. The fourth-order valence-corrected chi connectivity index (χ4v) is 2.85. The maximum absolute atomic E-state index is 12.7. The Morgan fingerprint density at radius 3 is 2.62 bits per heavy atom. The number of aromatic nitrogens is 3. The van der Waals surface area contributed by atoms with Crippen LogP contribution in [0.25, 0.3) is 5.69 Å². The van der Waals surface area contributed by atoms with Crippen molar-refractivity contribution in [2.45, 2.75) is 26.3 Å². The predicted octanol–water partition coefficient (Wildman–Crippen LogP) is 3.08. The lowest BCUT2D eigenvalue weighted by Gasteiger charge is -2.20. The summed E-state index contributed by atoms with van der Waals surface area (Å²) in [5.74, 6) is 0.0831. The minimum Gasteiger partial charge on any atom is -0.344 e. The topological polar surface area (TPSA) is 79.8 Å². The Morgan fingerprint density at radius 1 is 1.19 bits per heavy atom. The molecule has 2 N–H and O–H groups in total. The summed E-state index contributed by atoms with van der Waals surface area (Å²) in [6.07, 6.45) is 4.24. The van der Waals surface area contributed by atoms with Crippen molar-refractivity contribution < 1.29 is 4.79 Å². The van der Waals surface area contributed by atoms with E-state index < -0.39 is 0 Å². The second-order valence-electron chi connectivity index (χ2n) is 6.62. The molecule has 0 radical (unpaired) electrons. The van der Waals surface area contributed by atoms with Crippen LogP contribution < -0.4 is 10.9 Å². The molecule has 0 saturated carbocycles. The number of benzene rings is 1. The second-order valence-corrected chi connectivity index (χ2v) is 6.62. The summed E-state index contributed by atoms with van der Waals surface area (Å²) in [5, 5.41) is 5.89. The van der Waals surface area contributed by atoms with Gasteiger partial charge < -0.3 is 5.32 Å². The SMILES string of the molecule is CC(C)C[C@@H](NC(=O)c1cc(=O)n(-c2ccccc2)[nH]1)c1cccnc1. The summed E-state index contributed by atoms with van der Waals surface area (Å²) in [5.41, 5.74) is 1.58. The van der Waals surface area contributed by atoms with Gasteiger partial charge in [-0.25, -0.2) is 4.68 Å². The molecule has 2 aromatic heterocycles. The number of rotatable bonds is 6. The molecule has 6 nitrogen and oxygen atoms in total. The first-order valence-corrected chi connectivity index (χ1v) is 8.63. The van der Waals surface area contributed by atoms with Gasteiger partial charge in [-0.1, -0.05) is 38.1 Å². The molecule has 0 unspecified atom stereocenters. The van der Waals surface area contributed by atoms with Crippen molar-refractivity contribution >= 4 is 5.91 Å². The van der Waals surface area contributed by atoms with E-state index in [9.17, 15) is 9.59 Å². The van der Waals surface area contributed by atoms with E-state index in [1.165, 1.54) is 10.7 Å². The van der Waals surface area contributed by atoms with Gasteiger partial charge in [-0.3, -0.25) is 19.7 Å². The third-order valence-corrected chi connectivity index (χ3v) is 4.08. The van der Waals surface area contributed by atoms with E-state index in [-0.39, 0.29) is 23.2 Å². The summed E-state index contributed by atoms with van der Waals surface area (Å²) >= 11 is 0. The van der Waals surface area contributed by atoms with Gasteiger partial charge in [0.1, 0.15) is 5.69 Å². The van der Waals surface area contributed by atoms with Gasteiger partial charge in [-0.2, -0.15) is 0 Å². The normalized spacial score (nSPS) is 12.1. The summed E-state index contributed by atoms with van der Waals surface area (Å²) in [6, 6.07) is 14.1. The van der Waals surface area contributed by atoms with Crippen LogP contribution in [0.5, 0.6) is 0 Å². The molecule has 1 amide bonds. The molecule has 6 heteroatoms. The standard InChI is InChI=1S/C20H22N4O2/c1-14(2)11-17(15-7-6-10-21-13-15)22-20(26)18-12-19(25)24(23-18)16-8-4-3-5-9-16/h3-10,12-14,17,23H,11H2,1-2H3,(H,22,26)/t17-/m1/s1. The summed E-state index contributed by atoms with van der Waals surface area (Å²) in [6.45, 7) is 4.20. The fourth-order valence-electron chi connectivity index (χ4n) is 2.85. The zero-order valence-corrected chi connectivity index (χ0v) is 14.8. The molecular weight excluding hydrogens is 328 g/mol. The highest BCUT2D eigenvalue weighted by Crippen LogP contribution is 2.20. The molecule has 0 aliphatic carbocycles. The van der Waals surface area contributed by atoms with Gasteiger partial charge in [0.2, 0.25) is 0 Å². The minimum atomic E-state index is -0.314. The van der Waals surface area contributed by atoms with Gasteiger partial charge in [0.05, 0.1) is 11.7 Å². The van der Waals surface area contributed by atoms with Crippen LogP contribution >= 0.6 is 0 Å². The van der Waals surface area contributed by atoms with E-state index in [4.69, 9.17) is 0 Å². The van der Waals surface area contributed by atoms with Crippen molar-refractivity contribution in [1.29, 1.82) is 0 Å². The molecule has 134 valence electrons. The molecule has 3 aromatic rings. The molecule has 0 aliphatic rings. The van der Waals surface area contributed by atoms with Gasteiger partial charge in [0.25, 0.3) is 11.5 Å². The van der Waals surface area contributed by atoms with Crippen molar-refractivity contribution in [1.82, 2.24) is 20.1 Å². The maximum Gasteiger partial charge on any atom is 0.271 e. The van der Waals surface area contributed by atoms with E-state index >= 15 is 0 Å². The van der Waals surface area contributed by atoms with Crippen molar-refractivity contribution in [2.24, 2.45) is 5.92 Å². The number of hydrogen-bond donors (Lipinski definition) is 2. The van der Waals surface area contributed by atoms with E-state index in [1.807, 2.05) is 30.3 Å². The van der Waals surface area contributed by atoms with Crippen LogP contribution in [-0.2, 0) is 0 Å². The van der Waals surface area contributed by atoms with Crippen molar-refractivity contribution in [3.8, 4) is 5.69 Å². The van der Waals surface area contributed by atoms with Crippen LogP contribution in [0, 0.1) is 5.92 Å². The molecule has 1 atom stereocenters. The Balaban J connectivity index is 1.83. The number of hydrogen-bond acceptors (Lipinski definition) is 3. The number of carbonyl (C=O) groups is 1. The monoisotopic (exact) mass is 350 g/mol. The largest absolute Gasteiger partial charge is 0.344 e. The lowest BCUT2D eigenvalue weighted by molar-refractivity contribution is 0.0926. The smallest absolute Gasteiger partial charge is 0.271 e. The molecule has 2 heterocycles. The number of carbonyl (C=O) groups excluding carboxylic acids is 1. The number of nitrogens with one attached hydrogen (secondary N) is 2. The highest BCUT2D eigenvalue weighted by molar-refractivity contribution is 5.92. The van der Waals surface area contributed by atoms with Crippen molar-refractivity contribution in [2.75, 3.05) is 0 Å². The first-order valence-electron chi connectivity index (χ1n) is 8.63. The van der Waals surface area contributed by atoms with Gasteiger partial charge in [0.15, 0.2) is 0 Å². The number of nitrogens with zero attached hydrogens (tertiary/aromatic N) is 2. The fraction of sp³-hybridized carbons (Fsp3) is 0.250. The number of aromatic amines is 1. The quantitative estimate of drug-likeness (QED) is 0.717. The average Bonchev–Trinajstić information content (AvgIpc) is 3.04. The third kappa shape index (κ3) is 4.08. The molecule has 0 spiro atoms. The molecule has 0 bridgehead atoms. The Bertz CT molecular complexity index is 914. The van der Waals surface area contributed by atoms with Gasteiger partial charge in [-0.15, -0.1) is 0 Å². The van der Waals surface area contributed by atoms with Crippen LogP contribution in [0.15, 0.2) is 65.7 Å². The van der Waals surface area contributed by atoms with Gasteiger partial charge in [-0.05, 0) is 36.1 Å². The lowest BCUT2D eigenvalue weighted by Crippen LogP contribution is -2.30. The van der Waals surface area contributed by atoms with Crippen LogP contribution in [-0.4, -0.2) is 20.7 Å².